The first-order chi connectivity index (χ1) is 13.1. The van der Waals surface area contributed by atoms with Gasteiger partial charge in [0, 0.05) is 15.3 Å². The van der Waals surface area contributed by atoms with E-state index >= 15 is 0 Å². The third-order valence-electron chi connectivity index (χ3n) is 4.16. The summed E-state index contributed by atoms with van der Waals surface area (Å²) in [5.74, 6) is -0.776. The number of nitrogens with one attached hydrogen (secondary N) is 1. The Kier molecular flexibility index (Phi) is 4.72. The average molecular weight is 467 g/mol. The zero-order valence-electron chi connectivity index (χ0n) is 14.1. The van der Waals surface area contributed by atoms with E-state index in [1.807, 2.05) is 54.6 Å². The lowest BCUT2D eigenvalue weighted by Gasteiger charge is -2.14. The van der Waals surface area contributed by atoms with Crippen molar-refractivity contribution in [1.82, 2.24) is 10.4 Å². The molecule has 27 heavy (non-hydrogen) atoms. The van der Waals surface area contributed by atoms with Gasteiger partial charge in [-0.15, -0.1) is 0 Å². The molecule has 0 atom stereocenters. The molecule has 132 valence electrons. The Morgan fingerprint density at radius 2 is 1.67 bits per heavy atom. The van der Waals surface area contributed by atoms with Gasteiger partial charge in [-0.05, 0) is 70.6 Å². The summed E-state index contributed by atoms with van der Waals surface area (Å²) in [4.78, 5) is 29.2. The zero-order valence-corrected chi connectivity index (χ0v) is 16.3. The second-order valence-electron chi connectivity index (χ2n) is 5.95. The van der Waals surface area contributed by atoms with Crippen molar-refractivity contribution in [2.24, 2.45) is 0 Å². The van der Waals surface area contributed by atoms with Crippen molar-refractivity contribution in [3.8, 4) is 11.3 Å². The monoisotopic (exact) mass is 467 g/mol. The number of hydrogen-bond donors (Lipinski definition) is 1. The lowest BCUT2D eigenvalue weighted by Crippen LogP contribution is -2.35. The molecular formula is C21H14IN3O2. The molecule has 1 saturated heterocycles. The minimum Gasteiger partial charge on any atom is -0.267 e. The van der Waals surface area contributed by atoms with E-state index in [0.29, 0.717) is 5.69 Å². The van der Waals surface area contributed by atoms with Gasteiger partial charge in [-0.2, -0.15) is 0 Å². The van der Waals surface area contributed by atoms with Crippen LogP contribution in [0, 0.1) is 3.57 Å². The summed E-state index contributed by atoms with van der Waals surface area (Å²) in [6, 6.07) is 20.7. The van der Waals surface area contributed by atoms with Crippen LogP contribution in [-0.4, -0.2) is 16.8 Å². The zero-order chi connectivity index (χ0) is 18.8. The van der Waals surface area contributed by atoms with Gasteiger partial charge in [0.25, 0.3) is 11.8 Å². The average Bonchev–Trinajstić information content (AvgIpc) is 2.98. The van der Waals surface area contributed by atoms with E-state index in [1.165, 1.54) is 5.01 Å². The predicted molar refractivity (Wildman–Crippen MR) is 112 cm³/mol. The number of carbonyl (C=O) groups is 2. The molecule has 0 unspecified atom stereocenters. The van der Waals surface area contributed by atoms with Gasteiger partial charge in [-0.3, -0.25) is 20.0 Å². The van der Waals surface area contributed by atoms with E-state index in [-0.39, 0.29) is 11.5 Å². The van der Waals surface area contributed by atoms with Crippen molar-refractivity contribution >= 4 is 46.2 Å². The highest BCUT2D eigenvalue weighted by molar-refractivity contribution is 14.1. The Bertz CT molecular complexity index is 1030. The SMILES string of the molecule is O=C1NN(c2ccc(I)cc2)C(=O)C1=Cc1ccc(-c2ccccn2)cc1. The number of rotatable bonds is 3. The molecule has 0 radical (unpaired) electrons. The molecule has 1 aliphatic rings. The largest absolute Gasteiger partial charge is 0.282 e. The Labute approximate surface area is 169 Å². The minimum absolute atomic E-state index is 0.110. The summed E-state index contributed by atoms with van der Waals surface area (Å²) in [7, 11) is 0. The number of benzene rings is 2. The van der Waals surface area contributed by atoms with Gasteiger partial charge in [0.1, 0.15) is 5.57 Å². The van der Waals surface area contributed by atoms with Crippen molar-refractivity contribution in [3.05, 3.63) is 87.6 Å². The van der Waals surface area contributed by atoms with Crippen LogP contribution in [0.1, 0.15) is 5.56 Å². The summed E-state index contributed by atoms with van der Waals surface area (Å²) in [5.41, 5.74) is 5.97. The summed E-state index contributed by atoms with van der Waals surface area (Å²) in [5, 5.41) is 1.27. The Hall–Kier alpha value is -3.00. The maximum absolute atomic E-state index is 12.7. The molecule has 1 aliphatic heterocycles. The van der Waals surface area contributed by atoms with Crippen LogP contribution >= 0.6 is 22.6 Å². The third-order valence-corrected chi connectivity index (χ3v) is 4.88. The van der Waals surface area contributed by atoms with E-state index in [4.69, 9.17) is 0 Å². The van der Waals surface area contributed by atoms with Crippen molar-refractivity contribution in [3.63, 3.8) is 0 Å². The van der Waals surface area contributed by atoms with Crippen LogP contribution in [0.25, 0.3) is 17.3 Å². The Morgan fingerprint density at radius 3 is 2.33 bits per heavy atom. The fraction of sp³-hybridized carbons (Fsp3) is 0. The molecular weight excluding hydrogens is 453 g/mol. The smallest absolute Gasteiger partial charge is 0.267 e. The van der Waals surface area contributed by atoms with Gasteiger partial charge in [0.15, 0.2) is 0 Å². The van der Waals surface area contributed by atoms with E-state index in [2.05, 4.69) is 33.0 Å². The van der Waals surface area contributed by atoms with Crippen molar-refractivity contribution in [1.29, 1.82) is 0 Å². The minimum atomic E-state index is -0.410. The number of anilines is 1. The number of pyridine rings is 1. The van der Waals surface area contributed by atoms with Crippen molar-refractivity contribution < 1.29 is 9.59 Å². The number of halogens is 1. The summed E-state index contributed by atoms with van der Waals surface area (Å²) in [6.07, 6.45) is 3.35. The van der Waals surface area contributed by atoms with Crippen LogP contribution < -0.4 is 10.4 Å². The summed E-state index contributed by atoms with van der Waals surface area (Å²) >= 11 is 2.19. The van der Waals surface area contributed by atoms with E-state index in [9.17, 15) is 9.59 Å². The summed E-state index contributed by atoms with van der Waals surface area (Å²) in [6.45, 7) is 0. The lowest BCUT2D eigenvalue weighted by atomic mass is 10.1. The first kappa shape index (κ1) is 17.4. The number of hydrogen-bond acceptors (Lipinski definition) is 3. The summed E-state index contributed by atoms with van der Waals surface area (Å²) < 4.78 is 1.05. The van der Waals surface area contributed by atoms with Crippen LogP contribution in [-0.2, 0) is 9.59 Å². The van der Waals surface area contributed by atoms with E-state index in [1.54, 1.807) is 24.4 Å². The highest BCUT2D eigenvalue weighted by atomic mass is 127. The molecule has 5 nitrogen and oxygen atoms in total. The van der Waals surface area contributed by atoms with Gasteiger partial charge in [0.2, 0.25) is 0 Å². The standard InChI is InChI=1S/C21H14IN3O2/c22-16-8-10-17(11-9-16)25-21(27)18(20(26)24-25)13-14-4-6-15(7-5-14)19-3-1-2-12-23-19/h1-13H,(H,24,26). The molecule has 1 fully saturated rings. The first-order valence-corrected chi connectivity index (χ1v) is 9.34. The van der Waals surface area contributed by atoms with Crippen LogP contribution in [0.2, 0.25) is 0 Å². The Morgan fingerprint density at radius 1 is 0.926 bits per heavy atom. The maximum atomic E-state index is 12.7. The number of amides is 2. The second-order valence-corrected chi connectivity index (χ2v) is 7.20. The number of aromatic nitrogens is 1. The van der Waals surface area contributed by atoms with Gasteiger partial charge < -0.3 is 0 Å². The normalized spacial score (nSPS) is 15.3. The molecule has 1 aromatic heterocycles. The lowest BCUT2D eigenvalue weighted by molar-refractivity contribution is -0.117. The molecule has 0 bridgehead atoms. The van der Waals surface area contributed by atoms with Crippen molar-refractivity contribution in [2.75, 3.05) is 5.01 Å². The fourth-order valence-corrected chi connectivity index (χ4v) is 3.14. The molecule has 0 spiro atoms. The van der Waals surface area contributed by atoms with Crippen molar-refractivity contribution in [2.45, 2.75) is 0 Å². The first-order valence-electron chi connectivity index (χ1n) is 8.26. The van der Waals surface area contributed by atoms with Gasteiger partial charge in [-0.25, -0.2) is 5.01 Å². The van der Waals surface area contributed by atoms with Gasteiger partial charge in [-0.1, -0.05) is 30.3 Å². The van der Waals surface area contributed by atoms with Gasteiger partial charge >= 0.3 is 0 Å². The quantitative estimate of drug-likeness (QED) is 0.362. The molecule has 2 aromatic carbocycles. The predicted octanol–water partition coefficient (Wildman–Crippen LogP) is 3.81. The third kappa shape index (κ3) is 3.61. The molecule has 2 amide bonds. The number of nitrogens with zero attached hydrogens (tertiary/aromatic N) is 2. The number of carbonyl (C=O) groups excluding carboxylic acids is 2. The van der Waals surface area contributed by atoms with E-state index in [0.717, 1.165) is 20.4 Å². The molecule has 6 heteroatoms. The topological polar surface area (TPSA) is 62.3 Å². The number of hydrazine groups is 1. The maximum Gasteiger partial charge on any atom is 0.282 e. The van der Waals surface area contributed by atoms with Crippen LogP contribution in [0.5, 0.6) is 0 Å². The molecule has 4 rings (SSSR count). The molecule has 0 aliphatic carbocycles. The second kappa shape index (κ2) is 7.32. The van der Waals surface area contributed by atoms with E-state index < -0.39 is 5.91 Å². The van der Waals surface area contributed by atoms with Crippen LogP contribution in [0.15, 0.2) is 78.5 Å². The van der Waals surface area contributed by atoms with Gasteiger partial charge in [0.05, 0.1) is 11.4 Å². The Balaban J connectivity index is 1.59. The van der Waals surface area contributed by atoms with Crippen LogP contribution in [0.3, 0.4) is 0 Å². The molecule has 3 aromatic rings. The highest BCUT2D eigenvalue weighted by Crippen LogP contribution is 2.23. The molecule has 1 N–H and O–H groups in total. The molecule has 0 saturated carbocycles. The fourth-order valence-electron chi connectivity index (χ4n) is 2.78. The van der Waals surface area contributed by atoms with Crippen LogP contribution in [0.4, 0.5) is 5.69 Å². The highest BCUT2D eigenvalue weighted by Gasteiger charge is 2.34. The molecule has 2 heterocycles.